The van der Waals surface area contributed by atoms with Crippen LogP contribution in [0.4, 0.5) is 5.69 Å². The van der Waals surface area contributed by atoms with E-state index in [1.54, 1.807) is 0 Å². The van der Waals surface area contributed by atoms with E-state index < -0.39 is 0 Å². The molecular formula is C25H24N2O3. The van der Waals surface area contributed by atoms with Crippen LogP contribution in [0, 0.1) is 0 Å². The van der Waals surface area contributed by atoms with Gasteiger partial charge in [-0.15, -0.1) is 0 Å². The molecule has 0 saturated carbocycles. The van der Waals surface area contributed by atoms with Gasteiger partial charge < -0.3 is 15.4 Å². The maximum atomic E-state index is 12.2. The third kappa shape index (κ3) is 5.06. The van der Waals surface area contributed by atoms with Gasteiger partial charge in [-0.3, -0.25) is 9.59 Å². The molecule has 1 aliphatic heterocycles. The second kappa shape index (κ2) is 9.27. The van der Waals surface area contributed by atoms with Crippen molar-refractivity contribution in [2.45, 2.75) is 19.3 Å². The smallest absolute Gasteiger partial charge is 0.224 e. The molecule has 0 saturated heterocycles. The second-order valence-corrected chi connectivity index (χ2v) is 7.31. The number of nitrogens with one attached hydrogen (secondary N) is 2. The zero-order valence-corrected chi connectivity index (χ0v) is 16.7. The van der Waals surface area contributed by atoms with Crippen molar-refractivity contribution in [1.29, 1.82) is 0 Å². The zero-order valence-electron chi connectivity index (χ0n) is 16.7. The summed E-state index contributed by atoms with van der Waals surface area (Å²) in [5, 5.41) is 5.75. The molecule has 2 amide bonds. The van der Waals surface area contributed by atoms with E-state index >= 15 is 0 Å². The summed E-state index contributed by atoms with van der Waals surface area (Å²) in [6, 6.07) is 23.9. The summed E-state index contributed by atoms with van der Waals surface area (Å²) >= 11 is 0. The molecule has 3 aromatic rings. The number of hydrogen-bond acceptors (Lipinski definition) is 3. The van der Waals surface area contributed by atoms with Gasteiger partial charge in [-0.05, 0) is 46.9 Å². The Bertz CT molecular complexity index is 1030. The fourth-order valence-electron chi connectivity index (χ4n) is 3.50. The number of anilines is 1. The Labute approximate surface area is 176 Å². The minimum Gasteiger partial charge on any atom is -0.492 e. The molecule has 0 aliphatic carbocycles. The van der Waals surface area contributed by atoms with E-state index in [2.05, 4.69) is 22.8 Å². The number of benzene rings is 3. The predicted octanol–water partition coefficient (Wildman–Crippen LogP) is 3.98. The molecule has 2 N–H and O–H groups in total. The largest absolute Gasteiger partial charge is 0.492 e. The van der Waals surface area contributed by atoms with Crippen molar-refractivity contribution in [3.8, 4) is 16.9 Å². The number of carbonyl (C=O) groups excluding carboxylic acids is 2. The van der Waals surface area contributed by atoms with Crippen LogP contribution in [0.25, 0.3) is 11.1 Å². The number of rotatable bonds is 7. The number of aryl methyl sites for hydroxylation is 1. The molecular weight excluding hydrogens is 376 g/mol. The van der Waals surface area contributed by atoms with Gasteiger partial charge in [0.2, 0.25) is 11.8 Å². The van der Waals surface area contributed by atoms with E-state index in [0.29, 0.717) is 26.0 Å². The van der Waals surface area contributed by atoms with Gasteiger partial charge in [0.05, 0.1) is 13.0 Å². The highest BCUT2D eigenvalue weighted by Gasteiger charge is 2.15. The molecule has 5 nitrogen and oxygen atoms in total. The third-order valence-corrected chi connectivity index (χ3v) is 5.09. The van der Waals surface area contributed by atoms with E-state index in [1.165, 1.54) is 0 Å². The van der Waals surface area contributed by atoms with Gasteiger partial charge in [0.15, 0.2) is 0 Å². The van der Waals surface area contributed by atoms with Crippen molar-refractivity contribution < 1.29 is 14.3 Å². The van der Waals surface area contributed by atoms with Gasteiger partial charge in [-0.1, -0.05) is 54.6 Å². The number of amides is 2. The lowest BCUT2D eigenvalue weighted by molar-refractivity contribution is -0.120. The Morgan fingerprint density at radius 2 is 1.70 bits per heavy atom. The second-order valence-electron chi connectivity index (χ2n) is 7.31. The van der Waals surface area contributed by atoms with Crippen LogP contribution in [0.5, 0.6) is 5.75 Å². The van der Waals surface area contributed by atoms with Gasteiger partial charge in [-0.2, -0.15) is 0 Å². The van der Waals surface area contributed by atoms with Crippen molar-refractivity contribution in [2.75, 3.05) is 18.5 Å². The number of fused-ring (bicyclic) bond motifs is 1. The van der Waals surface area contributed by atoms with Crippen molar-refractivity contribution in [2.24, 2.45) is 0 Å². The lowest BCUT2D eigenvalue weighted by Gasteiger charge is -2.17. The van der Waals surface area contributed by atoms with Gasteiger partial charge >= 0.3 is 0 Å². The minimum atomic E-state index is -0.0285. The molecule has 30 heavy (non-hydrogen) atoms. The van der Waals surface area contributed by atoms with Crippen LogP contribution in [0.3, 0.4) is 0 Å². The van der Waals surface area contributed by atoms with Crippen molar-refractivity contribution >= 4 is 17.5 Å². The Morgan fingerprint density at radius 3 is 2.50 bits per heavy atom. The summed E-state index contributed by atoms with van der Waals surface area (Å²) in [4.78, 5) is 23.6. The highest BCUT2D eigenvalue weighted by atomic mass is 16.5. The van der Waals surface area contributed by atoms with E-state index in [-0.39, 0.29) is 11.8 Å². The average molecular weight is 400 g/mol. The molecule has 0 radical (unpaired) electrons. The summed E-state index contributed by atoms with van der Waals surface area (Å²) in [6.45, 7) is 0.832. The van der Waals surface area contributed by atoms with Crippen LogP contribution in [0.2, 0.25) is 0 Å². The average Bonchev–Trinajstić information content (AvgIpc) is 2.78. The first kappa shape index (κ1) is 19.7. The highest BCUT2D eigenvalue weighted by molar-refractivity contribution is 5.94. The Morgan fingerprint density at radius 1 is 0.933 bits per heavy atom. The fraction of sp³-hybridized carbons (Fsp3) is 0.200. The lowest BCUT2D eigenvalue weighted by Crippen LogP contribution is -2.29. The molecule has 3 aromatic carbocycles. The quantitative estimate of drug-likeness (QED) is 0.590. The standard InChI is InChI=1S/C25H24N2O3/c28-24-13-10-21-17-22(11-12-23(21)27-24)30-15-14-26-25(29)16-18-6-8-20(9-7-18)19-4-2-1-3-5-19/h1-9,11-12,17H,10,13-16H2,(H,26,29)(H,27,28). The summed E-state index contributed by atoms with van der Waals surface area (Å²) in [5.41, 5.74) is 5.21. The number of hydrogen-bond donors (Lipinski definition) is 2. The minimum absolute atomic E-state index is 0.0285. The van der Waals surface area contributed by atoms with Gasteiger partial charge in [0, 0.05) is 12.1 Å². The van der Waals surface area contributed by atoms with Crippen molar-refractivity contribution in [3.63, 3.8) is 0 Å². The summed E-state index contributed by atoms with van der Waals surface area (Å²) in [6.07, 6.45) is 1.56. The molecule has 5 heteroatoms. The van der Waals surface area contributed by atoms with Crippen LogP contribution in [-0.2, 0) is 22.4 Å². The van der Waals surface area contributed by atoms with Crippen molar-refractivity contribution in [3.05, 3.63) is 83.9 Å². The maximum absolute atomic E-state index is 12.2. The number of ether oxygens (including phenoxy) is 1. The van der Waals surface area contributed by atoms with Gasteiger partial charge in [0.25, 0.3) is 0 Å². The predicted molar refractivity (Wildman–Crippen MR) is 117 cm³/mol. The summed E-state index contributed by atoms with van der Waals surface area (Å²) in [7, 11) is 0. The molecule has 0 aromatic heterocycles. The zero-order chi connectivity index (χ0) is 20.8. The Hall–Kier alpha value is -3.60. The topological polar surface area (TPSA) is 67.4 Å². The van der Waals surface area contributed by atoms with Crippen LogP contribution in [-0.4, -0.2) is 25.0 Å². The summed E-state index contributed by atoms with van der Waals surface area (Å²) < 4.78 is 5.74. The highest BCUT2D eigenvalue weighted by Crippen LogP contribution is 2.26. The van der Waals surface area contributed by atoms with E-state index in [1.807, 2.05) is 60.7 Å². The molecule has 0 unspecified atom stereocenters. The monoisotopic (exact) mass is 400 g/mol. The first-order valence-electron chi connectivity index (χ1n) is 10.1. The molecule has 0 fully saturated rings. The van der Waals surface area contributed by atoms with Crippen LogP contribution in [0.1, 0.15) is 17.5 Å². The molecule has 4 rings (SSSR count). The maximum Gasteiger partial charge on any atom is 0.224 e. The van der Waals surface area contributed by atoms with E-state index in [4.69, 9.17) is 4.74 Å². The van der Waals surface area contributed by atoms with Crippen LogP contribution in [0.15, 0.2) is 72.8 Å². The molecule has 0 bridgehead atoms. The number of carbonyl (C=O) groups is 2. The SMILES string of the molecule is O=C(Cc1ccc(-c2ccccc2)cc1)NCCOc1ccc2c(c1)CCC(=O)N2. The summed E-state index contributed by atoms with van der Waals surface area (Å²) in [5.74, 6) is 0.767. The van der Waals surface area contributed by atoms with Crippen molar-refractivity contribution in [1.82, 2.24) is 5.32 Å². The van der Waals surface area contributed by atoms with E-state index in [9.17, 15) is 9.59 Å². The molecule has 152 valence electrons. The molecule has 1 aliphatic rings. The third-order valence-electron chi connectivity index (χ3n) is 5.09. The van der Waals surface area contributed by atoms with Gasteiger partial charge in [-0.25, -0.2) is 0 Å². The Balaban J connectivity index is 1.21. The molecule has 0 atom stereocenters. The Kier molecular flexibility index (Phi) is 6.09. The van der Waals surface area contributed by atoms with Crippen LogP contribution < -0.4 is 15.4 Å². The molecule has 1 heterocycles. The first-order valence-corrected chi connectivity index (χ1v) is 10.1. The first-order chi connectivity index (χ1) is 14.7. The normalized spacial score (nSPS) is 12.6. The van der Waals surface area contributed by atoms with E-state index in [0.717, 1.165) is 40.1 Å². The lowest BCUT2D eigenvalue weighted by atomic mass is 10.0. The fourth-order valence-corrected chi connectivity index (χ4v) is 3.50. The van der Waals surface area contributed by atoms with Gasteiger partial charge in [0.1, 0.15) is 12.4 Å². The van der Waals surface area contributed by atoms with Crippen LogP contribution >= 0.6 is 0 Å². The molecule has 0 spiro atoms.